The highest BCUT2D eigenvalue weighted by Gasteiger charge is 2.53. The normalized spacial score (nSPS) is 28.0. The maximum atomic E-state index is 10.1. The molecule has 0 amide bonds. The van der Waals surface area contributed by atoms with Gasteiger partial charge in [-0.25, -0.2) is 4.58 Å². The number of alkyl halides is 1. The van der Waals surface area contributed by atoms with E-state index in [1.807, 2.05) is 12.1 Å². The molecule has 0 unspecified atom stereocenters. The fourth-order valence-electron chi connectivity index (χ4n) is 4.78. The predicted octanol–water partition coefficient (Wildman–Crippen LogP) is 3.81. The van der Waals surface area contributed by atoms with Gasteiger partial charge in [0.05, 0.1) is 18.6 Å². The molecule has 0 saturated heterocycles. The Morgan fingerprint density at radius 1 is 1.30 bits per heavy atom. The number of nitrogens with zero attached hydrogens (tertiary/aromatic N) is 1. The van der Waals surface area contributed by atoms with Crippen molar-refractivity contribution >= 4 is 22.1 Å². The third-order valence-corrected chi connectivity index (χ3v) is 6.77. The smallest absolute Gasteiger partial charge is 0.171 e. The summed E-state index contributed by atoms with van der Waals surface area (Å²) in [6.07, 6.45) is 12.7. The number of methoxy groups -OCH3 is 1. The van der Waals surface area contributed by atoms with Gasteiger partial charge >= 0.3 is 0 Å². The summed E-state index contributed by atoms with van der Waals surface area (Å²) in [5, 5.41) is 11.2. The number of benzene rings is 1. The molecule has 1 aromatic rings. The molecule has 1 spiro atoms. The fourth-order valence-corrected chi connectivity index (χ4v) is 5.18. The van der Waals surface area contributed by atoms with Crippen molar-refractivity contribution in [3.8, 4) is 11.5 Å². The van der Waals surface area contributed by atoms with Crippen LogP contribution in [0, 0.1) is 0 Å². The summed E-state index contributed by atoms with van der Waals surface area (Å²) in [5.41, 5.74) is 2.32. The first-order valence-electron chi connectivity index (χ1n) is 10.1. The zero-order valence-electron chi connectivity index (χ0n) is 16.0. The van der Waals surface area contributed by atoms with Crippen LogP contribution in [0.4, 0.5) is 0 Å². The Bertz CT molecular complexity index is 760. The van der Waals surface area contributed by atoms with E-state index in [4.69, 9.17) is 9.47 Å². The highest BCUT2D eigenvalue weighted by molar-refractivity contribution is 9.09. The molecule has 3 aliphatic rings. The van der Waals surface area contributed by atoms with Crippen LogP contribution in [-0.2, 0) is 5.41 Å². The molecule has 1 aromatic carbocycles. The largest absolute Gasteiger partial charge is 0.493 e. The Balaban J connectivity index is 1.65. The lowest BCUT2D eigenvalue weighted by molar-refractivity contribution is -0.524. The molecule has 4 rings (SSSR count). The number of aliphatic hydroxyl groups excluding tert-OH is 1. The van der Waals surface area contributed by atoms with Gasteiger partial charge in [0.25, 0.3) is 0 Å². The molecule has 0 fully saturated rings. The van der Waals surface area contributed by atoms with Crippen LogP contribution in [0.2, 0.25) is 0 Å². The summed E-state index contributed by atoms with van der Waals surface area (Å²) in [5.74, 6) is 1.66. The number of hydrogen-bond acceptors (Lipinski definition) is 3. The minimum Gasteiger partial charge on any atom is -0.493 e. The number of rotatable bonds is 7. The Morgan fingerprint density at radius 3 is 2.96 bits per heavy atom. The lowest BCUT2D eigenvalue weighted by Crippen LogP contribution is -2.42. The van der Waals surface area contributed by atoms with E-state index in [1.54, 1.807) is 7.11 Å². The summed E-state index contributed by atoms with van der Waals surface area (Å²) in [6.45, 7) is 2.10. The number of halogens is 1. The highest BCUT2D eigenvalue weighted by Crippen LogP contribution is 2.54. The minimum absolute atomic E-state index is 0.0187. The lowest BCUT2D eigenvalue weighted by Gasteiger charge is -2.34. The monoisotopic (exact) mass is 434 g/mol. The van der Waals surface area contributed by atoms with E-state index in [0.29, 0.717) is 6.42 Å². The first-order chi connectivity index (χ1) is 13.2. The molecule has 2 aliphatic heterocycles. The van der Waals surface area contributed by atoms with Gasteiger partial charge in [-0.05, 0) is 25.0 Å². The second-order valence-electron chi connectivity index (χ2n) is 7.89. The SMILES string of the molecule is COc1ccc2c3c1O[C@H]1C[C@@H](O)C=C[C@@]31CC[N+](CCCCCCBr)=C2. The molecule has 0 radical (unpaired) electrons. The topological polar surface area (TPSA) is 41.7 Å². The molecule has 0 bridgehead atoms. The van der Waals surface area contributed by atoms with E-state index in [1.165, 1.54) is 36.8 Å². The number of hydrogen-bond donors (Lipinski definition) is 1. The summed E-state index contributed by atoms with van der Waals surface area (Å²) in [6, 6.07) is 4.17. The molecule has 3 atom stereocenters. The van der Waals surface area contributed by atoms with Gasteiger partial charge in [0, 0.05) is 35.7 Å². The number of unbranched alkanes of at least 4 members (excludes halogenated alkanes) is 3. The molecule has 4 nitrogen and oxygen atoms in total. The molecule has 27 heavy (non-hydrogen) atoms. The maximum Gasteiger partial charge on any atom is 0.171 e. The first-order valence-corrected chi connectivity index (χ1v) is 11.2. The van der Waals surface area contributed by atoms with E-state index < -0.39 is 6.10 Å². The van der Waals surface area contributed by atoms with Crippen molar-refractivity contribution in [3.63, 3.8) is 0 Å². The lowest BCUT2D eigenvalue weighted by atomic mass is 9.69. The van der Waals surface area contributed by atoms with Crippen molar-refractivity contribution < 1.29 is 19.2 Å². The van der Waals surface area contributed by atoms with Gasteiger partial charge in [-0.3, -0.25) is 0 Å². The predicted molar refractivity (Wildman–Crippen MR) is 111 cm³/mol. The van der Waals surface area contributed by atoms with Gasteiger partial charge in [0.2, 0.25) is 0 Å². The van der Waals surface area contributed by atoms with E-state index in [0.717, 1.165) is 36.3 Å². The van der Waals surface area contributed by atoms with Gasteiger partial charge < -0.3 is 14.6 Å². The summed E-state index contributed by atoms with van der Waals surface area (Å²) in [4.78, 5) is 0. The molecule has 146 valence electrons. The first kappa shape index (κ1) is 19.0. The summed E-state index contributed by atoms with van der Waals surface area (Å²) in [7, 11) is 1.70. The van der Waals surface area contributed by atoms with Crippen molar-refractivity contribution in [2.75, 3.05) is 25.5 Å². The Kier molecular flexibility index (Phi) is 5.60. The molecule has 0 aromatic heterocycles. The zero-order valence-corrected chi connectivity index (χ0v) is 17.6. The maximum absolute atomic E-state index is 10.1. The fraction of sp³-hybridized carbons (Fsp3) is 0.591. The Morgan fingerprint density at radius 2 is 2.15 bits per heavy atom. The molecule has 2 heterocycles. The quantitative estimate of drug-likeness (QED) is 0.307. The molecule has 5 heteroatoms. The van der Waals surface area contributed by atoms with Crippen LogP contribution >= 0.6 is 15.9 Å². The zero-order chi connectivity index (χ0) is 18.9. The van der Waals surface area contributed by atoms with Gasteiger partial charge in [0.1, 0.15) is 19.2 Å². The van der Waals surface area contributed by atoms with Crippen molar-refractivity contribution in [1.82, 2.24) is 0 Å². The summed E-state index contributed by atoms with van der Waals surface area (Å²) >= 11 is 3.51. The minimum atomic E-state index is -0.429. The van der Waals surface area contributed by atoms with Crippen molar-refractivity contribution in [1.29, 1.82) is 0 Å². The van der Waals surface area contributed by atoms with Crippen molar-refractivity contribution in [2.24, 2.45) is 0 Å². The van der Waals surface area contributed by atoms with Gasteiger partial charge in [-0.1, -0.05) is 34.5 Å². The van der Waals surface area contributed by atoms with E-state index in [-0.39, 0.29) is 11.5 Å². The third kappa shape index (κ3) is 3.44. The average molecular weight is 435 g/mol. The van der Waals surface area contributed by atoms with E-state index in [9.17, 15) is 5.11 Å². The van der Waals surface area contributed by atoms with Gasteiger partial charge in [0.15, 0.2) is 17.7 Å². The van der Waals surface area contributed by atoms with E-state index >= 15 is 0 Å². The molecule has 1 aliphatic carbocycles. The van der Waals surface area contributed by atoms with Gasteiger partial charge in [-0.15, -0.1) is 0 Å². The average Bonchev–Trinajstić information content (AvgIpc) is 2.91. The highest BCUT2D eigenvalue weighted by atomic mass is 79.9. The van der Waals surface area contributed by atoms with Crippen LogP contribution < -0.4 is 9.47 Å². The molecule has 1 N–H and O–H groups in total. The van der Waals surface area contributed by atoms with Crippen LogP contribution in [0.3, 0.4) is 0 Å². The third-order valence-electron chi connectivity index (χ3n) is 6.21. The molecular formula is C22H29BrNO3+. The Labute approximate surface area is 170 Å². The van der Waals surface area contributed by atoms with Crippen LogP contribution in [-0.4, -0.2) is 53.6 Å². The van der Waals surface area contributed by atoms with Crippen LogP contribution in [0.15, 0.2) is 24.3 Å². The van der Waals surface area contributed by atoms with Gasteiger partial charge in [-0.2, -0.15) is 0 Å². The van der Waals surface area contributed by atoms with Crippen LogP contribution in [0.5, 0.6) is 11.5 Å². The van der Waals surface area contributed by atoms with E-state index in [2.05, 4.69) is 38.9 Å². The van der Waals surface area contributed by atoms with Crippen LogP contribution in [0.25, 0.3) is 0 Å². The summed E-state index contributed by atoms with van der Waals surface area (Å²) < 4.78 is 14.4. The molecular weight excluding hydrogens is 406 g/mol. The van der Waals surface area contributed by atoms with Crippen molar-refractivity contribution in [2.45, 2.75) is 56.1 Å². The second kappa shape index (κ2) is 7.96. The van der Waals surface area contributed by atoms with Crippen LogP contribution in [0.1, 0.15) is 49.7 Å². The standard InChI is InChI=1S/C22H29BrNO3/c1-26-18-7-6-16-15-24(12-5-3-2-4-11-23)13-10-22-9-8-17(25)14-19(22)27-21(18)20(16)22/h6-9,15,17,19,25H,2-5,10-14H2,1H3/q+1/t17-,19-,22-/m0/s1. The second-order valence-corrected chi connectivity index (χ2v) is 8.68. The molecule has 0 saturated carbocycles. The number of ether oxygens (including phenoxy) is 2. The number of aliphatic hydroxyl groups is 1. The van der Waals surface area contributed by atoms with Crippen molar-refractivity contribution in [3.05, 3.63) is 35.4 Å². The Hall–Kier alpha value is -1.33.